The highest BCUT2D eigenvalue weighted by molar-refractivity contribution is 5.89. The summed E-state index contributed by atoms with van der Waals surface area (Å²) in [7, 11) is 0. The second-order valence-corrected chi connectivity index (χ2v) is 7.83. The van der Waals surface area contributed by atoms with Crippen LogP contribution in [0.25, 0.3) is 11.4 Å². The van der Waals surface area contributed by atoms with Crippen LogP contribution in [0.3, 0.4) is 0 Å². The van der Waals surface area contributed by atoms with Crippen LogP contribution in [-0.2, 0) is 0 Å². The Kier molecular flexibility index (Phi) is 6.51. The van der Waals surface area contributed by atoms with E-state index < -0.39 is 0 Å². The lowest BCUT2D eigenvalue weighted by molar-refractivity contribution is 0.0906. The molecule has 1 saturated heterocycles. The number of hydrogen-bond donors (Lipinski definition) is 1. The van der Waals surface area contributed by atoms with E-state index >= 15 is 0 Å². The van der Waals surface area contributed by atoms with E-state index in [0.29, 0.717) is 24.0 Å². The van der Waals surface area contributed by atoms with Crippen LogP contribution in [0.15, 0.2) is 47.5 Å². The Bertz CT molecular complexity index is 1010. The van der Waals surface area contributed by atoms with Gasteiger partial charge in [-0.25, -0.2) is 9.97 Å². The van der Waals surface area contributed by atoms with Crippen molar-refractivity contribution in [3.05, 3.63) is 54.4 Å². The zero-order valence-electron chi connectivity index (χ0n) is 17.9. The fourth-order valence-electron chi connectivity index (χ4n) is 3.79. The van der Waals surface area contributed by atoms with E-state index in [1.54, 1.807) is 12.4 Å². The quantitative estimate of drug-likeness (QED) is 0.580. The number of nitrogens with one attached hydrogen (secondary N) is 1. The van der Waals surface area contributed by atoms with Crippen molar-refractivity contribution in [3.8, 4) is 11.4 Å². The summed E-state index contributed by atoms with van der Waals surface area (Å²) in [5.41, 5.74) is 3.18. The lowest BCUT2D eigenvalue weighted by Gasteiger charge is -2.41. The van der Waals surface area contributed by atoms with Crippen LogP contribution >= 0.6 is 0 Å². The number of anilines is 1. The first-order valence-electron chi connectivity index (χ1n) is 10.5. The van der Waals surface area contributed by atoms with E-state index in [1.807, 2.05) is 0 Å². The number of aryl methyl sites for hydroxylation is 1. The molecule has 1 aromatic carbocycles. The lowest BCUT2D eigenvalue weighted by atomic mass is 10.1. The molecule has 1 atom stereocenters. The van der Waals surface area contributed by atoms with E-state index in [9.17, 15) is 4.79 Å². The molecule has 9 nitrogen and oxygen atoms in total. The van der Waals surface area contributed by atoms with E-state index in [4.69, 9.17) is 4.52 Å². The second-order valence-electron chi connectivity index (χ2n) is 7.83. The van der Waals surface area contributed by atoms with Crippen molar-refractivity contribution in [2.24, 2.45) is 0 Å². The molecule has 162 valence electrons. The molecule has 9 heteroatoms. The highest BCUT2D eigenvalue weighted by Gasteiger charge is 2.23. The molecule has 0 aliphatic carbocycles. The summed E-state index contributed by atoms with van der Waals surface area (Å²) in [5, 5.41) is 6.67. The van der Waals surface area contributed by atoms with Crippen molar-refractivity contribution in [2.45, 2.75) is 26.3 Å². The smallest absolute Gasteiger partial charge is 0.316 e. The Morgan fingerprint density at radius 1 is 1.26 bits per heavy atom. The topological polar surface area (TPSA) is 100 Å². The Labute approximate surface area is 181 Å². The predicted molar refractivity (Wildman–Crippen MR) is 117 cm³/mol. The van der Waals surface area contributed by atoms with Crippen molar-refractivity contribution in [1.29, 1.82) is 0 Å². The zero-order valence-corrected chi connectivity index (χ0v) is 17.9. The van der Waals surface area contributed by atoms with Crippen LogP contribution in [0.2, 0.25) is 0 Å². The van der Waals surface area contributed by atoms with Gasteiger partial charge in [0.25, 0.3) is 0 Å². The minimum absolute atomic E-state index is 0.0565. The lowest BCUT2D eigenvalue weighted by Crippen LogP contribution is -2.52. The molecule has 3 heterocycles. The molecule has 31 heavy (non-hydrogen) atoms. The summed E-state index contributed by atoms with van der Waals surface area (Å²) < 4.78 is 5.06. The Balaban J connectivity index is 1.21. The van der Waals surface area contributed by atoms with Gasteiger partial charge in [-0.1, -0.05) is 17.3 Å². The minimum Gasteiger partial charge on any atom is -0.369 e. The van der Waals surface area contributed by atoms with Gasteiger partial charge in [-0.05, 0) is 38.0 Å². The summed E-state index contributed by atoms with van der Waals surface area (Å²) in [5.74, 6) is -0.127. The molecule has 0 spiro atoms. The molecule has 1 N–H and O–H groups in total. The molecule has 1 aliphatic heterocycles. The SMILES string of the molecule is Cc1cccc(N2CCN(CCCNC(=O)c3nc(-c4cncnc4)no3)[C@@H](C)C2)c1. The molecule has 0 unspecified atom stereocenters. The van der Waals surface area contributed by atoms with Crippen LogP contribution in [0.1, 0.15) is 29.6 Å². The van der Waals surface area contributed by atoms with Gasteiger partial charge in [0.2, 0.25) is 5.82 Å². The average Bonchev–Trinajstić information content (AvgIpc) is 3.28. The van der Waals surface area contributed by atoms with Crippen LogP contribution in [0.4, 0.5) is 5.69 Å². The average molecular weight is 422 g/mol. The molecule has 0 saturated carbocycles. The van der Waals surface area contributed by atoms with Gasteiger partial charge < -0.3 is 14.7 Å². The maximum Gasteiger partial charge on any atom is 0.316 e. The van der Waals surface area contributed by atoms with Crippen molar-refractivity contribution >= 4 is 11.6 Å². The second kappa shape index (κ2) is 9.65. The van der Waals surface area contributed by atoms with Gasteiger partial charge in [0.05, 0.1) is 5.56 Å². The minimum atomic E-state index is -0.368. The summed E-state index contributed by atoms with van der Waals surface area (Å²) >= 11 is 0. The summed E-state index contributed by atoms with van der Waals surface area (Å²) in [4.78, 5) is 29.1. The summed E-state index contributed by atoms with van der Waals surface area (Å²) in [6, 6.07) is 9.12. The number of benzene rings is 1. The van der Waals surface area contributed by atoms with Gasteiger partial charge in [-0.2, -0.15) is 4.98 Å². The molecular weight excluding hydrogens is 394 g/mol. The number of carbonyl (C=O) groups excluding carboxylic acids is 1. The third-order valence-corrected chi connectivity index (χ3v) is 5.48. The molecule has 2 aromatic heterocycles. The number of aromatic nitrogens is 4. The van der Waals surface area contributed by atoms with Gasteiger partial charge in [-0.3, -0.25) is 9.69 Å². The van der Waals surface area contributed by atoms with E-state index in [-0.39, 0.29) is 11.8 Å². The molecule has 1 fully saturated rings. The molecule has 0 bridgehead atoms. The largest absolute Gasteiger partial charge is 0.369 e. The first-order chi connectivity index (χ1) is 15.1. The molecule has 3 aromatic rings. The molecular formula is C22H27N7O2. The normalized spacial score (nSPS) is 17.0. The third-order valence-electron chi connectivity index (χ3n) is 5.48. The number of rotatable bonds is 7. The highest BCUT2D eigenvalue weighted by Crippen LogP contribution is 2.20. The van der Waals surface area contributed by atoms with Gasteiger partial charge in [0.1, 0.15) is 6.33 Å². The Morgan fingerprint density at radius 3 is 2.87 bits per heavy atom. The Morgan fingerprint density at radius 2 is 2.10 bits per heavy atom. The standard InChI is InChI=1S/C22H27N7O2/c1-16-5-3-6-19(11-16)29-10-9-28(17(2)14-29)8-4-7-25-21(30)22-26-20(27-31-22)18-12-23-15-24-13-18/h3,5-6,11-13,15,17H,4,7-10,14H2,1-2H3,(H,25,30)/t17-/m0/s1. The number of hydrogen-bond acceptors (Lipinski definition) is 8. The fourth-order valence-corrected chi connectivity index (χ4v) is 3.79. The van der Waals surface area contributed by atoms with Crippen molar-refractivity contribution in [3.63, 3.8) is 0 Å². The molecule has 4 rings (SSSR count). The van der Waals surface area contributed by atoms with Gasteiger partial charge in [0, 0.05) is 56.8 Å². The summed E-state index contributed by atoms with van der Waals surface area (Å²) in [6.07, 6.45) is 5.41. The first kappa shape index (κ1) is 20.9. The number of piperazine rings is 1. The van der Waals surface area contributed by atoms with Gasteiger partial charge >= 0.3 is 11.8 Å². The van der Waals surface area contributed by atoms with E-state index in [2.05, 4.69) is 73.3 Å². The molecule has 1 amide bonds. The molecule has 1 aliphatic rings. The van der Waals surface area contributed by atoms with Crippen LogP contribution < -0.4 is 10.2 Å². The number of nitrogens with zero attached hydrogens (tertiary/aromatic N) is 6. The predicted octanol–water partition coefficient (Wildman–Crippen LogP) is 2.17. The molecule has 0 radical (unpaired) electrons. The third kappa shape index (κ3) is 5.24. The van der Waals surface area contributed by atoms with Gasteiger partial charge in [0.15, 0.2) is 0 Å². The Hall–Kier alpha value is -3.33. The fraction of sp³-hybridized carbons (Fsp3) is 0.409. The van der Waals surface area contributed by atoms with Crippen LogP contribution in [0.5, 0.6) is 0 Å². The van der Waals surface area contributed by atoms with E-state index in [1.165, 1.54) is 17.6 Å². The summed E-state index contributed by atoms with van der Waals surface area (Å²) in [6.45, 7) is 8.89. The number of carbonyl (C=O) groups is 1. The van der Waals surface area contributed by atoms with Crippen molar-refractivity contribution in [1.82, 2.24) is 30.3 Å². The van der Waals surface area contributed by atoms with Crippen LogP contribution in [-0.4, -0.2) is 69.7 Å². The van der Waals surface area contributed by atoms with Crippen molar-refractivity contribution in [2.75, 3.05) is 37.6 Å². The monoisotopic (exact) mass is 421 g/mol. The first-order valence-corrected chi connectivity index (χ1v) is 10.5. The van der Waals surface area contributed by atoms with Gasteiger partial charge in [-0.15, -0.1) is 0 Å². The number of amides is 1. The van der Waals surface area contributed by atoms with E-state index in [0.717, 1.165) is 32.6 Å². The highest BCUT2D eigenvalue weighted by atomic mass is 16.5. The maximum atomic E-state index is 12.3. The maximum absolute atomic E-state index is 12.3. The zero-order chi connectivity index (χ0) is 21.6. The van der Waals surface area contributed by atoms with Crippen molar-refractivity contribution < 1.29 is 9.32 Å². The van der Waals surface area contributed by atoms with Crippen LogP contribution in [0, 0.1) is 6.92 Å².